The van der Waals surface area contributed by atoms with Crippen LogP contribution in [0.2, 0.25) is 0 Å². The molecule has 0 atom stereocenters. The Kier molecular flexibility index (Phi) is 5.99. The van der Waals surface area contributed by atoms with Crippen LogP contribution >= 0.6 is 0 Å². The van der Waals surface area contributed by atoms with Crippen molar-refractivity contribution in [3.63, 3.8) is 0 Å². The molecule has 8 nitrogen and oxygen atoms in total. The van der Waals surface area contributed by atoms with Crippen LogP contribution in [-0.2, 0) is 4.79 Å². The Morgan fingerprint density at radius 3 is 2.64 bits per heavy atom. The third kappa shape index (κ3) is 4.09. The molecule has 1 aromatic heterocycles. The van der Waals surface area contributed by atoms with Crippen molar-refractivity contribution < 1.29 is 24.6 Å². The summed E-state index contributed by atoms with van der Waals surface area (Å²) in [5, 5.41) is 20.2. The average Bonchev–Trinajstić information content (AvgIpc) is 3.40. The van der Waals surface area contributed by atoms with E-state index in [2.05, 4.69) is 5.32 Å². The van der Waals surface area contributed by atoms with Crippen LogP contribution in [0.25, 0.3) is 10.9 Å². The maximum atomic E-state index is 12.6. The molecule has 1 saturated carbocycles. The Labute approximate surface area is 143 Å². The topological polar surface area (TPSA) is 118 Å². The minimum Gasteiger partial charge on any atom is -0.506 e. The third-order valence-electron chi connectivity index (χ3n) is 3.71. The van der Waals surface area contributed by atoms with Crippen LogP contribution in [0.1, 0.15) is 30.1 Å². The highest BCUT2D eigenvalue weighted by molar-refractivity contribution is 6.02. The van der Waals surface area contributed by atoms with Gasteiger partial charge in [0.05, 0.1) is 5.52 Å². The second-order valence-corrected chi connectivity index (χ2v) is 5.54. The Balaban J connectivity index is 0.000000701. The largest absolute Gasteiger partial charge is 0.506 e. The van der Waals surface area contributed by atoms with Crippen molar-refractivity contribution in [3.8, 4) is 5.75 Å². The van der Waals surface area contributed by atoms with E-state index in [1.54, 1.807) is 31.2 Å². The van der Waals surface area contributed by atoms with E-state index >= 15 is 0 Å². The molecular formula is C17H20N2O6. The Morgan fingerprint density at radius 1 is 1.40 bits per heavy atom. The maximum Gasteiger partial charge on any atom is 0.300 e. The summed E-state index contributed by atoms with van der Waals surface area (Å²) in [7, 11) is 0. The number of benzene rings is 1. The lowest BCUT2D eigenvalue weighted by atomic mass is 10.1. The van der Waals surface area contributed by atoms with Crippen LogP contribution < -0.4 is 15.7 Å². The number of aromatic nitrogens is 1. The second-order valence-electron chi connectivity index (χ2n) is 5.54. The summed E-state index contributed by atoms with van der Waals surface area (Å²) < 4.78 is 1.12. The summed E-state index contributed by atoms with van der Waals surface area (Å²) in [5.74, 6) is -0.440. The number of para-hydroxylation sites is 1. The molecule has 1 heterocycles. The highest BCUT2D eigenvalue weighted by atomic mass is 16.7. The first-order chi connectivity index (χ1) is 12.0. The zero-order chi connectivity index (χ0) is 18.4. The lowest BCUT2D eigenvalue weighted by molar-refractivity contribution is -0.122. The smallest absolute Gasteiger partial charge is 0.300 e. The summed E-state index contributed by atoms with van der Waals surface area (Å²) >= 11 is 0. The van der Waals surface area contributed by atoms with Gasteiger partial charge in [-0.3, -0.25) is 14.4 Å². The predicted molar refractivity (Wildman–Crippen MR) is 90.7 cm³/mol. The molecule has 25 heavy (non-hydrogen) atoms. The van der Waals surface area contributed by atoms with E-state index in [1.807, 2.05) is 0 Å². The standard InChI is InChI=1S/C16H18N2O4.CH2O2/c1-2-17-15(20)13-14(19)11-5-3-4-6-12(11)18(16(13)21)22-9-10-7-8-10;2-1-3/h3-6,10,19H,2,7-9H2,1H3,(H,17,20);1H,(H,2,3). The Hall–Kier alpha value is -3.03. The van der Waals surface area contributed by atoms with Gasteiger partial charge in [-0.25, -0.2) is 0 Å². The van der Waals surface area contributed by atoms with Crippen molar-refractivity contribution in [1.82, 2.24) is 10.0 Å². The molecule has 1 fully saturated rings. The number of hydrogen-bond donors (Lipinski definition) is 3. The zero-order valence-electron chi connectivity index (χ0n) is 13.8. The molecule has 0 spiro atoms. The molecule has 2 aromatic rings. The molecular weight excluding hydrogens is 328 g/mol. The number of aromatic hydroxyl groups is 1. The number of amides is 1. The van der Waals surface area contributed by atoms with Gasteiger partial charge in [0, 0.05) is 11.9 Å². The van der Waals surface area contributed by atoms with E-state index in [9.17, 15) is 14.7 Å². The first kappa shape index (κ1) is 18.3. The predicted octanol–water partition coefficient (Wildman–Crippen LogP) is 0.996. The van der Waals surface area contributed by atoms with Gasteiger partial charge in [0.15, 0.2) is 0 Å². The van der Waals surface area contributed by atoms with Gasteiger partial charge in [-0.1, -0.05) is 12.1 Å². The molecule has 0 aliphatic heterocycles. The van der Waals surface area contributed by atoms with E-state index < -0.39 is 11.5 Å². The van der Waals surface area contributed by atoms with Crippen LogP contribution in [0.3, 0.4) is 0 Å². The van der Waals surface area contributed by atoms with Crippen LogP contribution in [-0.4, -0.2) is 40.5 Å². The Bertz CT molecular complexity index is 826. The van der Waals surface area contributed by atoms with Gasteiger partial charge in [-0.15, -0.1) is 4.73 Å². The molecule has 0 radical (unpaired) electrons. The first-order valence-electron chi connectivity index (χ1n) is 7.91. The van der Waals surface area contributed by atoms with Gasteiger partial charge < -0.3 is 20.4 Å². The summed E-state index contributed by atoms with van der Waals surface area (Å²) in [6.07, 6.45) is 2.18. The van der Waals surface area contributed by atoms with Gasteiger partial charge in [-0.05, 0) is 37.8 Å². The van der Waals surface area contributed by atoms with E-state index in [-0.39, 0.29) is 17.8 Å². The van der Waals surface area contributed by atoms with Crippen LogP contribution in [0.4, 0.5) is 0 Å². The van der Waals surface area contributed by atoms with Gasteiger partial charge >= 0.3 is 0 Å². The highest BCUT2D eigenvalue weighted by Gasteiger charge is 2.25. The summed E-state index contributed by atoms with van der Waals surface area (Å²) in [6.45, 7) is 2.30. The summed E-state index contributed by atoms with van der Waals surface area (Å²) in [6, 6.07) is 6.83. The molecule has 0 bridgehead atoms. The maximum absolute atomic E-state index is 12.6. The lowest BCUT2D eigenvalue weighted by Gasteiger charge is -2.15. The van der Waals surface area contributed by atoms with Crippen molar-refractivity contribution in [2.24, 2.45) is 5.92 Å². The van der Waals surface area contributed by atoms with E-state index in [4.69, 9.17) is 14.7 Å². The van der Waals surface area contributed by atoms with E-state index in [1.165, 1.54) is 0 Å². The summed E-state index contributed by atoms with van der Waals surface area (Å²) in [4.78, 5) is 38.6. The minimum atomic E-state index is -0.636. The fourth-order valence-corrected chi connectivity index (χ4v) is 2.34. The van der Waals surface area contributed by atoms with Crippen molar-refractivity contribution in [2.45, 2.75) is 19.8 Å². The third-order valence-corrected chi connectivity index (χ3v) is 3.71. The Morgan fingerprint density at radius 2 is 2.04 bits per heavy atom. The van der Waals surface area contributed by atoms with E-state index in [0.29, 0.717) is 30.0 Å². The molecule has 8 heteroatoms. The number of hydrogen-bond acceptors (Lipinski definition) is 5. The summed E-state index contributed by atoms with van der Waals surface area (Å²) in [5.41, 5.74) is -0.460. The van der Waals surface area contributed by atoms with Crippen molar-refractivity contribution >= 4 is 23.3 Å². The molecule has 3 rings (SSSR count). The molecule has 1 aliphatic rings. The zero-order valence-corrected chi connectivity index (χ0v) is 13.8. The van der Waals surface area contributed by atoms with Gasteiger partial charge in [0.2, 0.25) is 0 Å². The van der Waals surface area contributed by atoms with Gasteiger partial charge in [0.1, 0.15) is 17.9 Å². The number of fused-ring (bicyclic) bond motifs is 1. The first-order valence-corrected chi connectivity index (χ1v) is 7.91. The quantitative estimate of drug-likeness (QED) is 0.694. The lowest BCUT2D eigenvalue weighted by Crippen LogP contribution is -2.36. The fourth-order valence-electron chi connectivity index (χ4n) is 2.34. The number of rotatable bonds is 5. The number of carbonyl (C=O) groups is 2. The average molecular weight is 348 g/mol. The molecule has 3 N–H and O–H groups in total. The SMILES string of the molecule is CCNC(=O)c1c(O)c2ccccc2n(OCC2CC2)c1=O.O=CO. The fraction of sp³-hybridized carbons (Fsp3) is 0.353. The molecule has 134 valence electrons. The number of nitrogens with zero attached hydrogens (tertiary/aromatic N) is 1. The normalized spacial score (nSPS) is 12.8. The number of pyridine rings is 1. The number of carbonyl (C=O) groups excluding carboxylic acids is 1. The van der Waals surface area contributed by atoms with Crippen molar-refractivity contribution in [2.75, 3.05) is 13.2 Å². The van der Waals surface area contributed by atoms with Gasteiger partial charge in [0.25, 0.3) is 17.9 Å². The monoisotopic (exact) mass is 348 g/mol. The number of nitrogens with one attached hydrogen (secondary N) is 1. The molecule has 1 aliphatic carbocycles. The van der Waals surface area contributed by atoms with Crippen LogP contribution in [0.5, 0.6) is 5.75 Å². The van der Waals surface area contributed by atoms with Crippen molar-refractivity contribution in [3.05, 3.63) is 40.2 Å². The van der Waals surface area contributed by atoms with Crippen molar-refractivity contribution in [1.29, 1.82) is 0 Å². The minimum absolute atomic E-state index is 0.250. The molecule has 1 amide bonds. The number of carboxylic acid groups (broad SMARTS) is 1. The molecule has 0 unspecified atom stereocenters. The molecule has 1 aromatic carbocycles. The highest BCUT2D eigenvalue weighted by Crippen LogP contribution is 2.29. The van der Waals surface area contributed by atoms with E-state index in [0.717, 1.165) is 17.6 Å². The van der Waals surface area contributed by atoms with Gasteiger partial charge in [-0.2, -0.15) is 0 Å². The van der Waals surface area contributed by atoms with Crippen LogP contribution in [0.15, 0.2) is 29.1 Å². The second kappa shape index (κ2) is 8.18. The van der Waals surface area contributed by atoms with Crippen LogP contribution in [0, 0.1) is 5.92 Å². The molecule has 0 saturated heterocycles.